The van der Waals surface area contributed by atoms with Gasteiger partial charge in [0.1, 0.15) is 22.8 Å². The molecule has 15 heteroatoms. The summed E-state index contributed by atoms with van der Waals surface area (Å²) in [4.78, 5) is 9.80. The summed E-state index contributed by atoms with van der Waals surface area (Å²) in [6.45, 7) is 2.95. The van der Waals surface area contributed by atoms with Crippen molar-refractivity contribution >= 4 is 27.6 Å². The average molecular weight is 558 g/mol. The Morgan fingerprint density at radius 2 is 1.82 bits per heavy atom. The quantitative estimate of drug-likeness (QED) is 0.493. The third kappa shape index (κ3) is 4.30. The van der Waals surface area contributed by atoms with Crippen LogP contribution in [-0.2, 0) is 20.2 Å². The van der Waals surface area contributed by atoms with E-state index in [0.29, 0.717) is 39.1 Å². The van der Waals surface area contributed by atoms with Gasteiger partial charge in [-0.25, -0.2) is 8.42 Å². The number of hydrogen-bond donors (Lipinski definition) is 3. The number of piperidine rings is 1. The van der Waals surface area contributed by atoms with Crippen molar-refractivity contribution in [3.63, 3.8) is 0 Å². The monoisotopic (exact) mass is 557 g/mol. The van der Waals surface area contributed by atoms with Crippen LogP contribution < -0.4 is 21.5 Å². The molecule has 0 bridgehead atoms. The molecule has 2 aromatic rings. The number of aromatic nitrogens is 2. The lowest BCUT2D eigenvalue weighted by atomic mass is 9.75. The number of anilines is 3. The molecule has 38 heavy (non-hydrogen) atoms. The molecule has 0 spiro atoms. The van der Waals surface area contributed by atoms with Gasteiger partial charge in [-0.3, -0.25) is 4.90 Å². The van der Waals surface area contributed by atoms with E-state index in [0.717, 1.165) is 25.2 Å². The molecular formula is C23H30F3N7O4S. The van der Waals surface area contributed by atoms with Crippen molar-refractivity contribution in [2.75, 3.05) is 69.8 Å². The minimum Gasteiger partial charge on any atom is -0.496 e. The van der Waals surface area contributed by atoms with Crippen molar-refractivity contribution in [1.29, 1.82) is 0 Å². The molecule has 1 aromatic heterocycles. The number of rotatable bonds is 5. The summed E-state index contributed by atoms with van der Waals surface area (Å²) in [5, 5.41) is 2.63. The maximum atomic E-state index is 14.8. The lowest BCUT2D eigenvalue weighted by molar-refractivity contribution is -0.172. The molecule has 4 heterocycles. The van der Waals surface area contributed by atoms with Gasteiger partial charge in [-0.1, -0.05) is 6.07 Å². The van der Waals surface area contributed by atoms with Gasteiger partial charge in [0.25, 0.3) is 0 Å². The number of ether oxygens (including phenoxy) is 2. The minimum absolute atomic E-state index is 0.130. The number of morpholine rings is 1. The van der Waals surface area contributed by atoms with Crippen LogP contribution in [0.15, 0.2) is 23.1 Å². The first kappa shape index (κ1) is 26.7. The van der Waals surface area contributed by atoms with Gasteiger partial charge in [-0.2, -0.15) is 27.4 Å². The van der Waals surface area contributed by atoms with Crippen molar-refractivity contribution in [1.82, 2.24) is 19.2 Å². The van der Waals surface area contributed by atoms with Gasteiger partial charge in [0.2, 0.25) is 16.0 Å². The number of nitrogens with two attached hydrogens (primary N) is 2. The standard InChI is InChI=1S/C23H30F3N7O4S/c1-36-17-12-15(38(34,35)33-6-4-14(5-7-33)32-8-10-37-11-9-32)2-3-16(17)22(23(24,25)26)13-29-20-18(22)19(27)30-21(28)31-20/h2-3,12,14H,4-11,13H2,1H3,(H5,27,28,29,30,31). The van der Waals surface area contributed by atoms with Crippen molar-refractivity contribution in [2.45, 2.75) is 35.4 Å². The van der Waals surface area contributed by atoms with E-state index < -0.39 is 34.0 Å². The molecular weight excluding hydrogens is 527 g/mol. The van der Waals surface area contributed by atoms with Gasteiger partial charge < -0.3 is 26.3 Å². The van der Waals surface area contributed by atoms with Crippen LogP contribution >= 0.6 is 0 Å². The van der Waals surface area contributed by atoms with Crippen molar-refractivity contribution in [3.05, 3.63) is 29.3 Å². The second kappa shape index (κ2) is 9.70. The van der Waals surface area contributed by atoms with E-state index in [4.69, 9.17) is 20.9 Å². The van der Waals surface area contributed by atoms with Crippen molar-refractivity contribution in [2.24, 2.45) is 0 Å². The Morgan fingerprint density at radius 1 is 1.13 bits per heavy atom. The van der Waals surface area contributed by atoms with Crippen LogP contribution in [0.25, 0.3) is 0 Å². The molecule has 0 amide bonds. The summed E-state index contributed by atoms with van der Waals surface area (Å²) in [7, 11) is -2.78. The summed E-state index contributed by atoms with van der Waals surface area (Å²) in [5.41, 5.74) is 8.14. The Kier molecular flexibility index (Phi) is 6.82. The van der Waals surface area contributed by atoms with E-state index in [-0.39, 0.29) is 39.6 Å². The van der Waals surface area contributed by atoms with E-state index in [1.165, 1.54) is 17.5 Å². The maximum Gasteiger partial charge on any atom is 0.404 e. The van der Waals surface area contributed by atoms with Gasteiger partial charge in [-0.15, -0.1) is 0 Å². The van der Waals surface area contributed by atoms with Gasteiger partial charge >= 0.3 is 6.18 Å². The number of halogens is 3. The number of nitrogens with zero attached hydrogens (tertiary/aromatic N) is 4. The molecule has 3 aliphatic heterocycles. The average Bonchev–Trinajstić information content (AvgIpc) is 3.30. The van der Waals surface area contributed by atoms with Crippen LogP contribution in [0.4, 0.5) is 30.8 Å². The number of nitrogen functional groups attached to an aromatic ring is 2. The molecule has 0 saturated carbocycles. The fraction of sp³-hybridized carbons (Fsp3) is 0.565. The zero-order chi connectivity index (χ0) is 27.3. The smallest absolute Gasteiger partial charge is 0.404 e. The highest BCUT2D eigenvalue weighted by atomic mass is 32.2. The third-order valence-corrected chi connectivity index (χ3v) is 9.54. The second-order valence-electron chi connectivity index (χ2n) is 9.59. The predicted octanol–water partition coefficient (Wildman–Crippen LogP) is 1.41. The molecule has 11 nitrogen and oxygen atoms in total. The van der Waals surface area contributed by atoms with Crippen molar-refractivity contribution in [3.8, 4) is 5.75 Å². The third-order valence-electron chi connectivity index (χ3n) is 7.64. The van der Waals surface area contributed by atoms with Crippen LogP contribution in [-0.4, -0.2) is 92.9 Å². The maximum absolute atomic E-state index is 14.8. The van der Waals surface area contributed by atoms with Crippen LogP contribution in [0.1, 0.15) is 24.0 Å². The van der Waals surface area contributed by atoms with Crippen LogP contribution in [0.2, 0.25) is 0 Å². The molecule has 5 N–H and O–H groups in total. The van der Waals surface area contributed by atoms with E-state index in [9.17, 15) is 21.6 Å². The second-order valence-corrected chi connectivity index (χ2v) is 11.5. The zero-order valence-electron chi connectivity index (χ0n) is 20.8. The molecule has 1 atom stereocenters. The summed E-state index contributed by atoms with van der Waals surface area (Å²) < 4.78 is 83.5. The van der Waals surface area contributed by atoms with Gasteiger partial charge in [0, 0.05) is 50.4 Å². The summed E-state index contributed by atoms with van der Waals surface area (Å²) in [6, 6.07) is 3.72. The van der Waals surface area contributed by atoms with E-state index in [1.807, 2.05) is 0 Å². The SMILES string of the molecule is COc1cc(S(=O)(=O)N2CCC(N3CCOCC3)CC2)ccc1C1(C(F)(F)F)CNc2nc(N)nc(N)c21. The summed E-state index contributed by atoms with van der Waals surface area (Å²) in [5.74, 6) is -1.05. The van der Waals surface area contributed by atoms with Crippen LogP contribution in [0.3, 0.4) is 0 Å². The first-order chi connectivity index (χ1) is 18.0. The molecule has 0 aliphatic carbocycles. The first-order valence-corrected chi connectivity index (χ1v) is 13.7. The van der Waals surface area contributed by atoms with E-state index in [2.05, 4.69) is 20.2 Å². The Bertz CT molecular complexity index is 1310. The highest BCUT2D eigenvalue weighted by molar-refractivity contribution is 7.89. The summed E-state index contributed by atoms with van der Waals surface area (Å²) >= 11 is 0. The number of fused-ring (bicyclic) bond motifs is 1. The highest BCUT2D eigenvalue weighted by Crippen LogP contribution is 2.55. The number of alkyl halides is 3. The Balaban J connectivity index is 1.47. The number of benzene rings is 1. The van der Waals surface area contributed by atoms with E-state index in [1.54, 1.807) is 0 Å². The molecule has 2 fully saturated rings. The van der Waals surface area contributed by atoms with Gasteiger partial charge in [0.15, 0.2) is 0 Å². The molecule has 1 unspecified atom stereocenters. The fourth-order valence-electron chi connectivity index (χ4n) is 5.70. The fourth-order valence-corrected chi connectivity index (χ4v) is 7.18. The Hall–Kier alpha value is -2.88. The number of hydrogen-bond acceptors (Lipinski definition) is 10. The Morgan fingerprint density at radius 3 is 2.45 bits per heavy atom. The number of nitrogens with one attached hydrogen (secondary N) is 1. The molecule has 3 aliphatic rings. The molecule has 1 aromatic carbocycles. The molecule has 5 rings (SSSR count). The minimum atomic E-state index is -4.85. The zero-order valence-corrected chi connectivity index (χ0v) is 21.6. The number of sulfonamides is 1. The normalized spacial score (nSPS) is 23.7. The lowest BCUT2D eigenvalue weighted by Crippen LogP contribution is -2.50. The van der Waals surface area contributed by atoms with Gasteiger partial charge in [0.05, 0.1) is 30.8 Å². The molecule has 208 valence electrons. The van der Waals surface area contributed by atoms with E-state index >= 15 is 0 Å². The van der Waals surface area contributed by atoms with Crippen LogP contribution in [0, 0.1) is 0 Å². The van der Waals surface area contributed by atoms with Crippen molar-refractivity contribution < 1.29 is 31.1 Å². The molecule has 0 radical (unpaired) electrons. The first-order valence-electron chi connectivity index (χ1n) is 12.2. The predicted molar refractivity (Wildman–Crippen MR) is 133 cm³/mol. The largest absolute Gasteiger partial charge is 0.496 e. The lowest BCUT2D eigenvalue weighted by Gasteiger charge is -2.39. The van der Waals surface area contributed by atoms with Gasteiger partial charge in [-0.05, 0) is 18.9 Å². The molecule has 2 saturated heterocycles. The Labute approximate surface area is 218 Å². The topological polar surface area (TPSA) is 149 Å². The summed E-state index contributed by atoms with van der Waals surface area (Å²) in [6.07, 6.45) is -3.53. The highest BCUT2D eigenvalue weighted by Gasteiger charge is 2.63. The number of methoxy groups -OCH3 is 1. The van der Waals surface area contributed by atoms with Crippen LogP contribution in [0.5, 0.6) is 5.75 Å².